The summed E-state index contributed by atoms with van der Waals surface area (Å²) in [6, 6.07) is 0. The van der Waals surface area contributed by atoms with E-state index in [2.05, 4.69) is 62.5 Å². The molecule has 0 spiro atoms. The molecule has 0 aliphatic carbocycles. The highest BCUT2D eigenvalue weighted by molar-refractivity contribution is 5.70. The molecule has 2 unspecified atom stereocenters. The Bertz CT molecular complexity index is 1700. The summed E-state index contributed by atoms with van der Waals surface area (Å²) >= 11 is 0. The van der Waals surface area contributed by atoms with Gasteiger partial charge in [0.1, 0.15) is 13.2 Å². The van der Waals surface area contributed by atoms with Crippen molar-refractivity contribution in [2.24, 2.45) is 0 Å². The number of hydrogen-bond donors (Lipinski definition) is 0. The van der Waals surface area contributed by atoms with Gasteiger partial charge in [-0.15, -0.1) is 0 Å². The average molecular weight is 1340 g/mol. The van der Waals surface area contributed by atoms with Crippen LogP contribution in [0, 0.1) is 0 Å². The second-order valence-corrected chi connectivity index (χ2v) is 29.8. The maximum absolute atomic E-state index is 13.0. The van der Waals surface area contributed by atoms with Gasteiger partial charge in [-0.25, -0.2) is 0 Å². The summed E-state index contributed by atoms with van der Waals surface area (Å²) in [7, 11) is 5.96. The largest absolute Gasteiger partial charge is 0.545 e. The van der Waals surface area contributed by atoms with Crippen molar-refractivity contribution in [3.05, 3.63) is 48.6 Å². The summed E-state index contributed by atoms with van der Waals surface area (Å²) in [6.45, 7) is 4.72. The van der Waals surface area contributed by atoms with E-state index >= 15 is 0 Å². The first-order chi connectivity index (χ1) is 46.6. The molecule has 558 valence electrons. The van der Waals surface area contributed by atoms with Crippen molar-refractivity contribution >= 4 is 17.9 Å². The van der Waals surface area contributed by atoms with Crippen LogP contribution in [0.2, 0.25) is 0 Å². The van der Waals surface area contributed by atoms with E-state index < -0.39 is 24.3 Å². The first-order valence-corrected chi connectivity index (χ1v) is 41.8. The van der Waals surface area contributed by atoms with Crippen LogP contribution >= 0.6 is 0 Å². The molecular weight excluding hydrogens is 1170 g/mol. The van der Waals surface area contributed by atoms with Crippen LogP contribution in [0.3, 0.4) is 0 Å². The molecular formula is C86H161NO8. The molecule has 0 N–H and O–H groups in total. The van der Waals surface area contributed by atoms with Crippen LogP contribution < -0.4 is 5.11 Å². The number of allylic oxidation sites excluding steroid dienone is 8. The van der Waals surface area contributed by atoms with E-state index in [4.69, 9.17) is 18.9 Å². The van der Waals surface area contributed by atoms with Crippen molar-refractivity contribution in [2.45, 2.75) is 437 Å². The summed E-state index contributed by atoms with van der Waals surface area (Å²) < 4.78 is 22.9. The van der Waals surface area contributed by atoms with Gasteiger partial charge < -0.3 is 33.3 Å². The molecule has 0 fully saturated rings. The molecule has 0 aromatic heterocycles. The van der Waals surface area contributed by atoms with Crippen molar-refractivity contribution in [3.63, 3.8) is 0 Å². The molecule has 0 aromatic rings. The van der Waals surface area contributed by atoms with Gasteiger partial charge in [0.25, 0.3) is 0 Å². The zero-order valence-electron chi connectivity index (χ0n) is 64.1. The van der Waals surface area contributed by atoms with E-state index in [0.29, 0.717) is 17.4 Å². The molecule has 0 radical (unpaired) electrons. The third-order valence-corrected chi connectivity index (χ3v) is 19.1. The number of carbonyl (C=O) groups is 3. The lowest BCUT2D eigenvalue weighted by Gasteiger charge is -2.26. The average Bonchev–Trinajstić information content (AvgIpc) is 3.75. The lowest BCUT2D eigenvalue weighted by atomic mass is 10.0. The number of rotatable bonds is 79. The Morgan fingerprint density at radius 2 is 0.600 bits per heavy atom. The number of carboxylic acid groups (broad SMARTS) is 1. The van der Waals surface area contributed by atoms with Gasteiger partial charge >= 0.3 is 11.9 Å². The molecule has 0 aliphatic rings. The minimum atomic E-state index is -1.62. The fourth-order valence-electron chi connectivity index (χ4n) is 12.8. The Morgan fingerprint density at radius 1 is 0.326 bits per heavy atom. The minimum absolute atomic E-state index is 0.151. The molecule has 0 bridgehead atoms. The third-order valence-electron chi connectivity index (χ3n) is 19.1. The number of aliphatic carboxylic acids is 1. The predicted molar refractivity (Wildman–Crippen MR) is 408 cm³/mol. The quantitative estimate of drug-likeness (QED) is 0.0195. The van der Waals surface area contributed by atoms with Crippen molar-refractivity contribution in [2.75, 3.05) is 47.5 Å². The third kappa shape index (κ3) is 78.5. The highest BCUT2D eigenvalue weighted by Crippen LogP contribution is 2.20. The zero-order chi connectivity index (χ0) is 69.0. The summed E-state index contributed by atoms with van der Waals surface area (Å²) in [5.41, 5.74) is 0. The standard InChI is InChI=1S/C86H161NO8/c1-6-8-10-12-14-16-18-20-22-24-26-28-30-32-34-36-38-40-41-42-43-45-47-49-51-53-55-57-59-61-63-65-67-69-71-73-75-77-84(89)95-82(81-94-86(85(90)91)92-79-78-87(3,4)5)80-93-83(88)76-74-72-70-68-66-64-62-60-58-56-54-52-50-48-46-44-39-37-35-33-31-29-27-25-23-21-19-17-15-13-11-9-7-2/h8,10,14,16,20,22,26,28,82,86H,6-7,9,11-13,15,17-19,21,23-25,27,29-81H2,1-5H3/b10-8-,16-14-,22-20-,28-26-. The Hall–Kier alpha value is -2.75. The summed E-state index contributed by atoms with van der Waals surface area (Å²) in [4.78, 5) is 37.6. The summed E-state index contributed by atoms with van der Waals surface area (Å²) in [5, 5.41) is 11.9. The number of esters is 2. The fraction of sp³-hybridized carbons (Fsp3) is 0.872. The van der Waals surface area contributed by atoms with Gasteiger partial charge in [0.2, 0.25) is 0 Å². The first-order valence-electron chi connectivity index (χ1n) is 41.8. The second kappa shape index (κ2) is 77.0. The van der Waals surface area contributed by atoms with Crippen molar-refractivity contribution < 1.29 is 42.9 Å². The van der Waals surface area contributed by atoms with Gasteiger partial charge in [-0.1, -0.05) is 409 Å². The highest BCUT2D eigenvalue weighted by Gasteiger charge is 2.22. The Morgan fingerprint density at radius 3 is 0.895 bits per heavy atom. The van der Waals surface area contributed by atoms with Crippen LogP contribution in [0.4, 0.5) is 0 Å². The van der Waals surface area contributed by atoms with Gasteiger partial charge in [-0.3, -0.25) is 9.59 Å². The number of quaternary nitrogens is 1. The van der Waals surface area contributed by atoms with Crippen LogP contribution in [0.25, 0.3) is 0 Å². The van der Waals surface area contributed by atoms with E-state index in [9.17, 15) is 19.5 Å². The maximum Gasteiger partial charge on any atom is 0.306 e. The minimum Gasteiger partial charge on any atom is -0.545 e. The van der Waals surface area contributed by atoms with Gasteiger partial charge in [-0.2, -0.15) is 0 Å². The van der Waals surface area contributed by atoms with Crippen LogP contribution in [-0.2, 0) is 33.3 Å². The van der Waals surface area contributed by atoms with Crippen molar-refractivity contribution in [1.82, 2.24) is 0 Å². The normalized spacial score (nSPS) is 12.8. The molecule has 0 aliphatic heterocycles. The van der Waals surface area contributed by atoms with Gasteiger partial charge in [0, 0.05) is 12.8 Å². The van der Waals surface area contributed by atoms with Crippen LogP contribution in [-0.4, -0.2) is 82.3 Å². The molecule has 0 rings (SSSR count). The molecule has 0 saturated heterocycles. The fourth-order valence-corrected chi connectivity index (χ4v) is 12.8. The lowest BCUT2D eigenvalue weighted by Crippen LogP contribution is -2.44. The highest BCUT2D eigenvalue weighted by atomic mass is 16.7. The smallest absolute Gasteiger partial charge is 0.306 e. The van der Waals surface area contributed by atoms with Crippen LogP contribution in [0.1, 0.15) is 425 Å². The number of carboxylic acids is 1. The number of ether oxygens (including phenoxy) is 4. The maximum atomic E-state index is 13.0. The first kappa shape index (κ1) is 92.2. The summed E-state index contributed by atoms with van der Waals surface area (Å²) in [5.74, 6) is -2.25. The number of unbranched alkanes of at least 4 members (excludes halogenated alkanes) is 56. The number of hydrogen-bond acceptors (Lipinski definition) is 8. The number of nitrogens with zero attached hydrogens (tertiary/aromatic N) is 1. The number of likely N-dealkylation sites (N-methyl/N-ethyl adjacent to an activating group) is 1. The van der Waals surface area contributed by atoms with Gasteiger partial charge in [-0.05, 0) is 51.4 Å². The molecule has 95 heavy (non-hydrogen) atoms. The van der Waals surface area contributed by atoms with Gasteiger partial charge in [0.05, 0.1) is 40.3 Å². The molecule has 9 nitrogen and oxygen atoms in total. The van der Waals surface area contributed by atoms with E-state index in [1.807, 2.05) is 21.1 Å². The topological polar surface area (TPSA) is 111 Å². The molecule has 0 heterocycles. The van der Waals surface area contributed by atoms with Crippen molar-refractivity contribution in [1.29, 1.82) is 0 Å². The van der Waals surface area contributed by atoms with Crippen LogP contribution in [0.5, 0.6) is 0 Å². The Balaban J connectivity index is 3.93. The second-order valence-electron chi connectivity index (χ2n) is 29.8. The van der Waals surface area contributed by atoms with E-state index in [-0.39, 0.29) is 32.2 Å². The van der Waals surface area contributed by atoms with E-state index in [1.165, 1.54) is 334 Å². The Kier molecular flexibility index (Phi) is 74.8. The molecule has 0 saturated carbocycles. The SMILES string of the molecule is CC/C=C\C/C=C\C/C=C\C/C=C\CCCCCCCCCCCCCCCCCCCCCCCCCCC(=O)OC(COC(=O)CCCCCCCCCCCCCCCCCCCCCCCCCCCCCCCCCCC)COC(OCC[N+](C)(C)C)C(=O)[O-]. The number of carbonyl (C=O) groups excluding carboxylic acids is 3. The van der Waals surface area contributed by atoms with E-state index in [0.717, 1.165) is 64.2 Å². The van der Waals surface area contributed by atoms with Crippen LogP contribution in [0.15, 0.2) is 48.6 Å². The lowest BCUT2D eigenvalue weighted by molar-refractivity contribution is -0.870. The van der Waals surface area contributed by atoms with E-state index in [1.54, 1.807) is 0 Å². The molecule has 0 amide bonds. The van der Waals surface area contributed by atoms with Crippen molar-refractivity contribution in [3.8, 4) is 0 Å². The molecule has 9 heteroatoms. The van der Waals surface area contributed by atoms with Gasteiger partial charge in [0.15, 0.2) is 12.4 Å². The molecule has 0 aromatic carbocycles. The summed E-state index contributed by atoms with van der Waals surface area (Å²) in [6.07, 6.45) is 98.3. The monoisotopic (exact) mass is 1340 g/mol. The Labute approximate surface area is 591 Å². The molecule has 2 atom stereocenters. The zero-order valence-corrected chi connectivity index (χ0v) is 64.1. The predicted octanol–water partition coefficient (Wildman–Crippen LogP) is 25.5.